The average molecular weight is 199 g/mol. The highest BCUT2D eigenvalue weighted by atomic mass is 32.1. The van der Waals surface area contributed by atoms with Crippen molar-refractivity contribution in [2.24, 2.45) is 5.92 Å². The summed E-state index contributed by atoms with van der Waals surface area (Å²) in [6.07, 6.45) is 0. The van der Waals surface area contributed by atoms with Gasteiger partial charge in [0.1, 0.15) is 0 Å². The number of rotatable bonds is 4. The van der Waals surface area contributed by atoms with E-state index in [0.29, 0.717) is 18.1 Å². The Morgan fingerprint density at radius 3 is 3.00 bits per heavy atom. The summed E-state index contributed by atoms with van der Waals surface area (Å²) in [5.41, 5.74) is 3.03. The first kappa shape index (κ1) is 10.2. The Morgan fingerprint density at radius 2 is 2.46 bits per heavy atom. The largest absolute Gasteiger partial charge is 0.275 e. The number of carbonyl (C=O) groups is 1. The Bertz CT molecular complexity index is 257. The van der Waals surface area contributed by atoms with Crippen LogP contribution in [0.1, 0.15) is 24.2 Å². The monoisotopic (exact) mass is 199 g/mol. The van der Waals surface area contributed by atoms with Crippen LogP contribution in [0.2, 0.25) is 0 Å². The number of carbonyl (C=O) groups excluding carboxylic acids is 1. The van der Waals surface area contributed by atoms with Crippen molar-refractivity contribution in [1.29, 1.82) is 0 Å². The van der Waals surface area contributed by atoms with E-state index < -0.39 is 0 Å². The lowest BCUT2D eigenvalue weighted by Gasteiger charge is -2.06. The first-order valence-corrected chi connectivity index (χ1v) is 5.08. The number of nitrogens with one attached hydrogen (secondary N) is 1. The van der Waals surface area contributed by atoms with Gasteiger partial charge in [-0.3, -0.25) is 9.63 Å². The lowest BCUT2D eigenvalue weighted by Crippen LogP contribution is -2.25. The molecule has 1 aromatic heterocycles. The molecule has 0 fully saturated rings. The van der Waals surface area contributed by atoms with E-state index in [-0.39, 0.29) is 5.91 Å². The molecular formula is C9H13NO2S. The van der Waals surface area contributed by atoms with Gasteiger partial charge in [-0.1, -0.05) is 13.8 Å². The summed E-state index contributed by atoms with van der Waals surface area (Å²) in [5.74, 6) is 0.240. The van der Waals surface area contributed by atoms with Gasteiger partial charge in [-0.25, -0.2) is 5.48 Å². The van der Waals surface area contributed by atoms with Crippen molar-refractivity contribution >= 4 is 17.2 Å². The van der Waals surface area contributed by atoms with Crippen molar-refractivity contribution in [2.45, 2.75) is 13.8 Å². The van der Waals surface area contributed by atoms with Crippen LogP contribution in [0.5, 0.6) is 0 Å². The predicted octanol–water partition coefficient (Wildman–Crippen LogP) is 2.07. The SMILES string of the molecule is CC(C)CONC(=O)c1ccsc1. The molecule has 0 saturated carbocycles. The van der Waals surface area contributed by atoms with Gasteiger partial charge in [0.05, 0.1) is 12.2 Å². The molecule has 1 N–H and O–H groups in total. The second-order valence-electron chi connectivity index (χ2n) is 3.15. The first-order chi connectivity index (χ1) is 6.20. The molecule has 72 valence electrons. The summed E-state index contributed by atoms with van der Waals surface area (Å²) in [6.45, 7) is 4.59. The number of hydrogen-bond donors (Lipinski definition) is 1. The topological polar surface area (TPSA) is 38.3 Å². The zero-order valence-electron chi connectivity index (χ0n) is 7.74. The van der Waals surface area contributed by atoms with E-state index in [1.807, 2.05) is 19.2 Å². The number of hydrogen-bond acceptors (Lipinski definition) is 3. The maximum Gasteiger partial charge on any atom is 0.275 e. The molecule has 0 radical (unpaired) electrons. The van der Waals surface area contributed by atoms with Crippen molar-refractivity contribution in [2.75, 3.05) is 6.61 Å². The molecule has 0 unspecified atom stereocenters. The zero-order chi connectivity index (χ0) is 9.68. The smallest absolute Gasteiger partial charge is 0.273 e. The van der Waals surface area contributed by atoms with E-state index in [9.17, 15) is 4.79 Å². The summed E-state index contributed by atoms with van der Waals surface area (Å²) in [6, 6.07) is 1.76. The second-order valence-corrected chi connectivity index (χ2v) is 3.93. The molecule has 3 nitrogen and oxygen atoms in total. The van der Waals surface area contributed by atoms with Crippen LogP contribution < -0.4 is 5.48 Å². The van der Waals surface area contributed by atoms with Gasteiger partial charge in [-0.05, 0) is 17.4 Å². The van der Waals surface area contributed by atoms with Gasteiger partial charge >= 0.3 is 0 Å². The zero-order valence-corrected chi connectivity index (χ0v) is 8.56. The first-order valence-electron chi connectivity index (χ1n) is 4.14. The van der Waals surface area contributed by atoms with E-state index in [1.54, 1.807) is 11.4 Å². The van der Waals surface area contributed by atoms with Gasteiger partial charge in [0, 0.05) is 5.38 Å². The lowest BCUT2D eigenvalue weighted by atomic mass is 10.2. The Morgan fingerprint density at radius 1 is 1.69 bits per heavy atom. The minimum absolute atomic E-state index is 0.179. The van der Waals surface area contributed by atoms with Crippen LogP contribution in [0.3, 0.4) is 0 Å². The normalized spacial score (nSPS) is 10.4. The molecule has 0 aliphatic heterocycles. The molecule has 4 heteroatoms. The van der Waals surface area contributed by atoms with E-state index >= 15 is 0 Å². The quantitative estimate of drug-likeness (QED) is 0.754. The highest BCUT2D eigenvalue weighted by Crippen LogP contribution is 2.05. The maximum atomic E-state index is 11.3. The third kappa shape index (κ3) is 3.57. The van der Waals surface area contributed by atoms with Crippen molar-refractivity contribution < 1.29 is 9.63 Å². The van der Waals surface area contributed by atoms with Crippen molar-refractivity contribution in [3.8, 4) is 0 Å². The third-order valence-electron chi connectivity index (χ3n) is 1.36. The summed E-state index contributed by atoms with van der Waals surface area (Å²) in [7, 11) is 0. The summed E-state index contributed by atoms with van der Waals surface area (Å²) in [4.78, 5) is 16.2. The molecule has 1 rings (SSSR count). The number of hydroxylamine groups is 1. The van der Waals surface area contributed by atoms with Gasteiger partial charge in [0.15, 0.2) is 0 Å². The molecule has 0 spiro atoms. The Kier molecular flexibility index (Phi) is 3.92. The maximum absolute atomic E-state index is 11.3. The molecule has 0 saturated heterocycles. The average Bonchev–Trinajstić information content (AvgIpc) is 2.55. The third-order valence-corrected chi connectivity index (χ3v) is 2.05. The molecule has 0 bridgehead atoms. The minimum atomic E-state index is -0.179. The summed E-state index contributed by atoms with van der Waals surface area (Å²) >= 11 is 1.49. The molecule has 1 heterocycles. The van der Waals surface area contributed by atoms with Gasteiger partial charge in [-0.15, -0.1) is 0 Å². The van der Waals surface area contributed by atoms with Crippen LogP contribution in [-0.2, 0) is 4.84 Å². The highest BCUT2D eigenvalue weighted by Gasteiger charge is 2.04. The van der Waals surface area contributed by atoms with E-state index in [0.717, 1.165) is 0 Å². The molecule has 0 aromatic carbocycles. The van der Waals surface area contributed by atoms with Crippen LogP contribution in [0.15, 0.2) is 16.8 Å². The van der Waals surface area contributed by atoms with Gasteiger partial charge < -0.3 is 0 Å². The predicted molar refractivity (Wildman–Crippen MR) is 52.6 cm³/mol. The van der Waals surface area contributed by atoms with Crippen molar-refractivity contribution in [3.05, 3.63) is 22.4 Å². The second kappa shape index (κ2) is 4.99. The van der Waals surface area contributed by atoms with Crippen LogP contribution in [-0.4, -0.2) is 12.5 Å². The van der Waals surface area contributed by atoms with E-state index in [1.165, 1.54) is 11.3 Å². The minimum Gasteiger partial charge on any atom is -0.273 e. The van der Waals surface area contributed by atoms with Crippen LogP contribution in [0.25, 0.3) is 0 Å². The molecule has 1 aromatic rings. The summed E-state index contributed by atoms with van der Waals surface area (Å²) in [5, 5.41) is 3.64. The molecular weight excluding hydrogens is 186 g/mol. The Hall–Kier alpha value is -0.870. The van der Waals surface area contributed by atoms with Crippen LogP contribution in [0.4, 0.5) is 0 Å². The van der Waals surface area contributed by atoms with Gasteiger partial charge in [-0.2, -0.15) is 11.3 Å². The van der Waals surface area contributed by atoms with E-state index in [2.05, 4.69) is 5.48 Å². The van der Waals surface area contributed by atoms with E-state index in [4.69, 9.17) is 4.84 Å². The number of thiophene rings is 1. The Labute approximate surface area is 81.7 Å². The standard InChI is InChI=1S/C9H13NO2S/c1-7(2)5-12-10-9(11)8-3-4-13-6-8/h3-4,6-7H,5H2,1-2H3,(H,10,11). The van der Waals surface area contributed by atoms with Crippen molar-refractivity contribution in [3.63, 3.8) is 0 Å². The fourth-order valence-electron chi connectivity index (χ4n) is 0.726. The van der Waals surface area contributed by atoms with Crippen LogP contribution >= 0.6 is 11.3 Å². The fourth-order valence-corrected chi connectivity index (χ4v) is 1.36. The van der Waals surface area contributed by atoms with Crippen molar-refractivity contribution in [1.82, 2.24) is 5.48 Å². The van der Waals surface area contributed by atoms with Gasteiger partial charge in [0.25, 0.3) is 5.91 Å². The lowest BCUT2D eigenvalue weighted by molar-refractivity contribution is 0.0209. The summed E-state index contributed by atoms with van der Waals surface area (Å²) < 4.78 is 0. The highest BCUT2D eigenvalue weighted by molar-refractivity contribution is 7.08. The van der Waals surface area contributed by atoms with Gasteiger partial charge in [0.2, 0.25) is 0 Å². The number of amides is 1. The molecule has 0 aliphatic carbocycles. The Balaban J connectivity index is 2.27. The molecule has 1 amide bonds. The fraction of sp³-hybridized carbons (Fsp3) is 0.444. The van der Waals surface area contributed by atoms with Crippen LogP contribution in [0, 0.1) is 5.92 Å². The molecule has 0 aliphatic rings. The molecule has 13 heavy (non-hydrogen) atoms. The molecule has 0 atom stereocenters.